The summed E-state index contributed by atoms with van der Waals surface area (Å²) in [5, 5.41) is 14.3. The third kappa shape index (κ3) is 6.61. The number of ether oxygens (including phenoxy) is 1. The fraction of sp³-hybridized carbons (Fsp3) is 0.333. The minimum atomic E-state index is -4.32. The first-order valence-electron chi connectivity index (χ1n) is 9.69. The van der Waals surface area contributed by atoms with Gasteiger partial charge in [-0.1, -0.05) is 37.3 Å². The average Bonchev–Trinajstić information content (AvgIpc) is 2.73. The molecular formula is C21H24N2O7S. The number of carbonyl (C=O) groups excluding carboxylic acids is 2. The van der Waals surface area contributed by atoms with Crippen molar-refractivity contribution in [2.45, 2.75) is 37.6 Å². The molecule has 0 saturated heterocycles. The first-order chi connectivity index (χ1) is 14.7. The number of sulfone groups is 1. The number of hydrogen-bond acceptors (Lipinski definition) is 7. The van der Waals surface area contributed by atoms with Crippen LogP contribution in [0.4, 0.5) is 5.69 Å². The Bertz CT molecular complexity index is 1050. The van der Waals surface area contributed by atoms with E-state index in [1.54, 1.807) is 0 Å². The summed E-state index contributed by atoms with van der Waals surface area (Å²) in [6.07, 6.45) is 1.21. The highest BCUT2D eigenvalue weighted by molar-refractivity contribution is 7.92. The smallest absolute Gasteiger partial charge is 0.321 e. The van der Waals surface area contributed by atoms with Crippen molar-refractivity contribution < 1.29 is 27.7 Å². The van der Waals surface area contributed by atoms with Crippen LogP contribution in [0.5, 0.6) is 0 Å². The molecule has 2 aromatic rings. The number of nitro benzene ring substituents is 1. The Morgan fingerprint density at radius 3 is 2.39 bits per heavy atom. The van der Waals surface area contributed by atoms with Crippen molar-refractivity contribution in [3.8, 4) is 0 Å². The van der Waals surface area contributed by atoms with Crippen molar-refractivity contribution in [1.29, 1.82) is 0 Å². The third-order valence-electron chi connectivity index (χ3n) is 4.52. The zero-order valence-electron chi connectivity index (χ0n) is 17.2. The van der Waals surface area contributed by atoms with E-state index < -0.39 is 43.0 Å². The summed E-state index contributed by atoms with van der Waals surface area (Å²) in [4.78, 5) is 34.1. The molecule has 0 saturated carbocycles. The molecule has 0 spiro atoms. The average molecular weight is 448 g/mol. The Morgan fingerprint density at radius 2 is 1.81 bits per heavy atom. The minimum absolute atomic E-state index is 0.0167. The molecule has 0 aromatic heterocycles. The summed E-state index contributed by atoms with van der Waals surface area (Å²) in [5.74, 6) is -2.59. The van der Waals surface area contributed by atoms with Gasteiger partial charge in [0.25, 0.3) is 11.6 Å². The standard InChI is InChI=1S/C21H24N2O7S/c1-3-17(12-15-8-6-5-7-9-15)22-21(25)16-10-11-19(18(13-16)23(26)27)31(28,29)14-20(24)30-4-2/h5-11,13,17H,3-4,12,14H2,1-2H3,(H,22,25)/t17-/m1/s1. The van der Waals surface area contributed by atoms with Gasteiger partial charge in [0, 0.05) is 17.7 Å². The molecule has 0 bridgehead atoms. The van der Waals surface area contributed by atoms with Crippen molar-refractivity contribution in [1.82, 2.24) is 5.32 Å². The lowest BCUT2D eigenvalue weighted by Gasteiger charge is -2.17. The van der Waals surface area contributed by atoms with Crippen molar-refractivity contribution in [3.63, 3.8) is 0 Å². The number of nitrogens with zero attached hydrogens (tertiary/aromatic N) is 1. The molecule has 0 unspecified atom stereocenters. The quantitative estimate of drug-likeness (QED) is 0.336. The van der Waals surface area contributed by atoms with Gasteiger partial charge in [0.05, 0.1) is 11.5 Å². The molecule has 1 N–H and O–H groups in total. The van der Waals surface area contributed by atoms with Crippen molar-refractivity contribution >= 4 is 27.4 Å². The van der Waals surface area contributed by atoms with E-state index in [0.29, 0.717) is 12.8 Å². The van der Waals surface area contributed by atoms with Crippen molar-refractivity contribution in [2.24, 2.45) is 0 Å². The Labute approximate surface area is 180 Å². The third-order valence-corrected chi connectivity index (χ3v) is 6.15. The van der Waals surface area contributed by atoms with Crippen LogP contribution in [0.3, 0.4) is 0 Å². The van der Waals surface area contributed by atoms with Crippen LogP contribution in [0.15, 0.2) is 53.4 Å². The van der Waals surface area contributed by atoms with Crippen LogP contribution in [0.25, 0.3) is 0 Å². The number of rotatable bonds is 10. The Morgan fingerprint density at radius 1 is 1.13 bits per heavy atom. The van der Waals surface area contributed by atoms with E-state index in [4.69, 9.17) is 0 Å². The molecular weight excluding hydrogens is 424 g/mol. The minimum Gasteiger partial charge on any atom is -0.465 e. The van der Waals surface area contributed by atoms with Gasteiger partial charge in [0.1, 0.15) is 4.90 Å². The van der Waals surface area contributed by atoms with E-state index in [2.05, 4.69) is 10.1 Å². The Hall–Kier alpha value is -3.27. The molecule has 2 aromatic carbocycles. The van der Waals surface area contributed by atoms with Crippen molar-refractivity contribution in [3.05, 3.63) is 69.8 Å². The number of nitrogens with one attached hydrogen (secondary N) is 1. The molecule has 0 aliphatic rings. The van der Waals surface area contributed by atoms with Gasteiger partial charge in [0.2, 0.25) is 0 Å². The number of esters is 1. The first kappa shape index (κ1) is 24.0. The maximum atomic E-state index is 12.6. The lowest BCUT2D eigenvalue weighted by Crippen LogP contribution is -2.36. The highest BCUT2D eigenvalue weighted by Crippen LogP contribution is 2.26. The molecule has 0 aliphatic carbocycles. The molecule has 0 aliphatic heterocycles. The molecule has 166 valence electrons. The van der Waals surface area contributed by atoms with Gasteiger partial charge in [0.15, 0.2) is 15.6 Å². The molecule has 1 amide bonds. The molecule has 1 atom stereocenters. The van der Waals surface area contributed by atoms with Crippen LogP contribution in [0.1, 0.15) is 36.2 Å². The maximum Gasteiger partial charge on any atom is 0.321 e. The number of hydrogen-bond donors (Lipinski definition) is 1. The van der Waals surface area contributed by atoms with Gasteiger partial charge in [-0.2, -0.15) is 0 Å². The van der Waals surface area contributed by atoms with Crippen molar-refractivity contribution in [2.75, 3.05) is 12.4 Å². The lowest BCUT2D eigenvalue weighted by atomic mass is 10.0. The second-order valence-corrected chi connectivity index (χ2v) is 8.73. The monoisotopic (exact) mass is 448 g/mol. The summed E-state index contributed by atoms with van der Waals surface area (Å²) in [7, 11) is -4.32. The van der Waals surface area contributed by atoms with Gasteiger partial charge in [-0.05, 0) is 37.5 Å². The molecule has 2 rings (SSSR count). The first-order valence-corrected chi connectivity index (χ1v) is 11.3. The predicted octanol–water partition coefficient (Wildman–Crippen LogP) is 2.68. The molecule has 0 heterocycles. The van der Waals surface area contributed by atoms with E-state index >= 15 is 0 Å². The molecule has 10 heteroatoms. The Kier molecular flexibility index (Phi) is 8.26. The lowest BCUT2D eigenvalue weighted by molar-refractivity contribution is -0.387. The summed E-state index contributed by atoms with van der Waals surface area (Å²) < 4.78 is 29.5. The van der Waals surface area contributed by atoms with Gasteiger partial charge < -0.3 is 10.1 Å². The highest BCUT2D eigenvalue weighted by atomic mass is 32.2. The van der Waals surface area contributed by atoms with Crippen LogP contribution in [-0.4, -0.2) is 43.6 Å². The van der Waals surface area contributed by atoms with E-state index in [0.717, 1.165) is 17.7 Å². The predicted molar refractivity (Wildman–Crippen MR) is 113 cm³/mol. The number of amides is 1. The highest BCUT2D eigenvalue weighted by Gasteiger charge is 2.30. The maximum absolute atomic E-state index is 12.6. The van der Waals surface area contributed by atoms with Gasteiger partial charge >= 0.3 is 5.97 Å². The molecule has 0 fully saturated rings. The van der Waals surface area contributed by atoms with Gasteiger partial charge in [-0.15, -0.1) is 0 Å². The van der Waals surface area contributed by atoms with Crippen LogP contribution < -0.4 is 5.32 Å². The fourth-order valence-electron chi connectivity index (χ4n) is 2.96. The van der Waals surface area contributed by atoms with Crippen LogP contribution in [0.2, 0.25) is 0 Å². The zero-order chi connectivity index (χ0) is 23.0. The van der Waals surface area contributed by atoms with E-state index in [1.807, 2.05) is 37.3 Å². The number of nitro groups is 1. The molecule has 0 radical (unpaired) electrons. The summed E-state index contributed by atoms with van der Waals surface area (Å²) in [6.45, 7) is 3.40. The zero-order valence-corrected chi connectivity index (χ0v) is 18.1. The van der Waals surface area contributed by atoms with Crippen LogP contribution >= 0.6 is 0 Å². The van der Waals surface area contributed by atoms with E-state index in [-0.39, 0.29) is 18.2 Å². The summed E-state index contributed by atoms with van der Waals surface area (Å²) in [5.41, 5.74) is 0.211. The largest absolute Gasteiger partial charge is 0.465 e. The van der Waals surface area contributed by atoms with E-state index in [1.165, 1.54) is 13.0 Å². The van der Waals surface area contributed by atoms with Crippen LogP contribution in [-0.2, 0) is 25.8 Å². The second kappa shape index (κ2) is 10.7. The summed E-state index contributed by atoms with van der Waals surface area (Å²) in [6, 6.07) is 12.4. The normalized spacial score (nSPS) is 12.1. The van der Waals surface area contributed by atoms with Gasteiger partial charge in [-0.3, -0.25) is 19.7 Å². The summed E-state index contributed by atoms with van der Waals surface area (Å²) >= 11 is 0. The SMILES string of the molecule is CCOC(=O)CS(=O)(=O)c1ccc(C(=O)N[C@H](CC)Cc2ccccc2)cc1[N+](=O)[O-]. The number of benzene rings is 2. The van der Waals surface area contributed by atoms with Gasteiger partial charge in [-0.25, -0.2) is 8.42 Å². The van der Waals surface area contributed by atoms with E-state index in [9.17, 15) is 28.1 Å². The number of carbonyl (C=O) groups is 2. The topological polar surface area (TPSA) is 133 Å². The second-order valence-electron chi connectivity index (χ2n) is 6.77. The van der Waals surface area contributed by atoms with Crippen LogP contribution in [0, 0.1) is 10.1 Å². The molecule has 9 nitrogen and oxygen atoms in total. The fourth-order valence-corrected chi connectivity index (χ4v) is 4.24. The molecule has 31 heavy (non-hydrogen) atoms. The Balaban J connectivity index is 2.25.